The molecule has 0 bridgehead atoms. The SMILES string of the molecule is CC(CO)C(C)NC(=O)NCc1ccccc1OC(F)F. The number of amides is 2. The van der Waals surface area contributed by atoms with Crippen molar-refractivity contribution in [2.75, 3.05) is 6.61 Å². The van der Waals surface area contributed by atoms with E-state index in [9.17, 15) is 13.6 Å². The number of aliphatic hydroxyl groups is 1. The second-order valence-corrected chi connectivity index (χ2v) is 4.76. The molecule has 1 rings (SSSR count). The second-order valence-electron chi connectivity index (χ2n) is 4.76. The zero-order chi connectivity index (χ0) is 15.8. The normalized spacial score (nSPS) is 13.6. The maximum Gasteiger partial charge on any atom is 0.387 e. The fourth-order valence-corrected chi connectivity index (χ4v) is 1.59. The van der Waals surface area contributed by atoms with E-state index in [1.165, 1.54) is 6.07 Å². The van der Waals surface area contributed by atoms with Crippen LogP contribution < -0.4 is 15.4 Å². The van der Waals surface area contributed by atoms with E-state index >= 15 is 0 Å². The Hall–Kier alpha value is -1.89. The van der Waals surface area contributed by atoms with Crippen LogP contribution in [0.1, 0.15) is 19.4 Å². The lowest BCUT2D eigenvalue weighted by atomic mass is 10.1. The smallest absolute Gasteiger partial charge is 0.387 e. The third-order valence-corrected chi connectivity index (χ3v) is 3.13. The molecule has 0 aromatic heterocycles. The van der Waals surface area contributed by atoms with Gasteiger partial charge in [0.15, 0.2) is 0 Å². The van der Waals surface area contributed by atoms with E-state index in [0.717, 1.165) is 0 Å². The van der Waals surface area contributed by atoms with Crippen molar-refractivity contribution in [1.82, 2.24) is 10.6 Å². The number of hydrogen-bond donors (Lipinski definition) is 3. The van der Waals surface area contributed by atoms with Gasteiger partial charge < -0.3 is 20.5 Å². The van der Waals surface area contributed by atoms with Crippen LogP contribution in [0.15, 0.2) is 24.3 Å². The number of carbonyl (C=O) groups excluding carboxylic acids is 1. The van der Waals surface area contributed by atoms with Crippen LogP contribution in [0.25, 0.3) is 0 Å². The zero-order valence-corrected chi connectivity index (χ0v) is 12.0. The summed E-state index contributed by atoms with van der Waals surface area (Å²) in [5.41, 5.74) is 0.454. The lowest BCUT2D eigenvalue weighted by molar-refractivity contribution is -0.0504. The van der Waals surface area contributed by atoms with Gasteiger partial charge >= 0.3 is 12.6 Å². The predicted octanol–water partition coefficient (Wildman–Crippen LogP) is 2.10. The molecule has 1 aromatic carbocycles. The quantitative estimate of drug-likeness (QED) is 0.722. The largest absolute Gasteiger partial charge is 0.434 e. The molecule has 2 amide bonds. The molecule has 0 aliphatic carbocycles. The summed E-state index contributed by atoms with van der Waals surface area (Å²) >= 11 is 0. The number of halogens is 2. The average Bonchev–Trinajstić information content (AvgIpc) is 2.44. The van der Waals surface area contributed by atoms with Crippen LogP contribution in [-0.2, 0) is 6.54 Å². The van der Waals surface area contributed by atoms with Gasteiger partial charge in [-0.15, -0.1) is 0 Å². The first-order valence-corrected chi connectivity index (χ1v) is 6.62. The maximum absolute atomic E-state index is 12.3. The number of alkyl halides is 2. The Morgan fingerprint density at radius 2 is 2.00 bits per heavy atom. The molecule has 0 aliphatic heterocycles. The number of urea groups is 1. The average molecular weight is 302 g/mol. The number of carbonyl (C=O) groups is 1. The van der Waals surface area contributed by atoms with Crippen molar-refractivity contribution < 1.29 is 23.4 Å². The number of nitrogens with one attached hydrogen (secondary N) is 2. The van der Waals surface area contributed by atoms with Gasteiger partial charge in [-0.2, -0.15) is 8.78 Å². The lowest BCUT2D eigenvalue weighted by Crippen LogP contribution is -2.44. The van der Waals surface area contributed by atoms with Gasteiger partial charge in [0.2, 0.25) is 0 Å². The summed E-state index contributed by atoms with van der Waals surface area (Å²) in [4.78, 5) is 11.7. The number of ether oxygens (including phenoxy) is 1. The Bertz CT molecular complexity index is 458. The molecule has 3 N–H and O–H groups in total. The standard InChI is InChI=1S/C14H20F2N2O3/c1-9(8-19)10(2)18-14(20)17-7-11-5-3-4-6-12(11)21-13(15)16/h3-6,9-10,13,19H,7-8H2,1-2H3,(H2,17,18,20). The van der Waals surface area contributed by atoms with E-state index in [0.29, 0.717) is 5.56 Å². The van der Waals surface area contributed by atoms with E-state index in [1.807, 2.05) is 0 Å². The first-order chi connectivity index (χ1) is 9.93. The first-order valence-electron chi connectivity index (χ1n) is 6.62. The Morgan fingerprint density at radius 3 is 2.62 bits per heavy atom. The van der Waals surface area contributed by atoms with Gasteiger partial charge in [-0.1, -0.05) is 25.1 Å². The summed E-state index contributed by atoms with van der Waals surface area (Å²) in [6.07, 6.45) is 0. The maximum atomic E-state index is 12.3. The minimum absolute atomic E-state index is 0.0320. The summed E-state index contributed by atoms with van der Waals surface area (Å²) in [7, 11) is 0. The summed E-state index contributed by atoms with van der Waals surface area (Å²) in [6.45, 7) is 0.692. The number of hydrogen-bond acceptors (Lipinski definition) is 3. The van der Waals surface area contributed by atoms with Crippen molar-refractivity contribution in [3.05, 3.63) is 29.8 Å². The lowest BCUT2D eigenvalue weighted by Gasteiger charge is -2.19. The molecule has 0 heterocycles. The van der Waals surface area contributed by atoms with Crippen LogP contribution in [-0.4, -0.2) is 30.4 Å². The second kappa shape index (κ2) is 8.41. The highest BCUT2D eigenvalue weighted by atomic mass is 19.3. The molecular weight excluding hydrogens is 282 g/mol. The minimum atomic E-state index is -2.91. The van der Waals surface area contributed by atoms with E-state index in [1.54, 1.807) is 32.0 Å². The van der Waals surface area contributed by atoms with Gasteiger partial charge in [0.1, 0.15) is 5.75 Å². The Balaban J connectivity index is 2.53. The summed E-state index contributed by atoms with van der Waals surface area (Å²) in [5, 5.41) is 14.2. The summed E-state index contributed by atoms with van der Waals surface area (Å²) in [5.74, 6) is -0.0465. The van der Waals surface area contributed by atoms with E-state index < -0.39 is 12.6 Å². The number of benzene rings is 1. The molecule has 1 aromatic rings. The molecule has 2 atom stereocenters. The molecule has 21 heavy (non-hydrogen) atoms. The number of rotatable bonds is 7. The van der Waals surface area contributed by atoms with Gasteiger partial charge in [-0.25, -0.2) is 4.79 Å². The fraction of sp³-hybridized carbons (Fsp3) is 0.500. The first kappa shape index (κ1) is 17.2. The van der Waals surface area contributed by atoms with Crippen molar-refractivity contribution in [2.24, 2.45) is 5.92 Å². The van der Waals surface area contributed by atoms with E-state index in [4.69, 9.17) is 5.11 Å². The molecule has 5 nitrogen and oxygen atoms in total. The topological polar surface area (TPSA) is 70.6 Å². The number of para-hydroxylation sites is 1. The van der Waals surface area contributed by atoms with Crippen LogP contribution in [0.3, 0.4) is 0 Å². The highest BCUT2D eigenvalue weighted by Crippen LogP contribution is 2.19. The van der Waals surface area contributed by atoms with Gasteiger partial charge in [-0.05, 0) is 18.9 Å². The molecule has 0 saturated carbocycles. The predicted molar refractivity (Wildman–Crippen MR) is 74.2 cm³/mol. The van der Waals surface area contributed by atoms with Crippen LogP contribution in [0.4, 0.5) is 13.6 Å². The zero-order valence-electron chi connectivity index (χ0n) is 12.0. The molecular formula is C14H20F2N2O3. The highest BCUT2D eigenvalue weighted by molar-refractivity contribution is 5.74. The van der Waals surface area contributed by atoms with E-state index in [2.05, 4.69) is 15.4 Å². The Kier molecular flexibility index (Phi) is 6.87. The molecule has 0 radical (unpaired) electrons. The third kappa shape index (κ3) is 5.95. The molecule has 0 aliphatic rings. The monoisotopic (exact) mass is 302 g/mol. The van der Waals surface area contributed by atoms with Gasteiger partial charge in [0.25, 0.3) is 0 Å². The Labute approximate surface area is 122 Å². The molecule has 2 unspecified atom stereocenters. The molecule has 0 fully saturated rings. The summed E-state index contributed by atoms with van der Waals surface area (Å²) in [6, 6.07) is 5.61. The van der Waals surface area contributed by atoms with Crippen molar-refractivity contribution in [1.29, 1.82) is 0 Å². The van der Waals surface area contributed by atoms with E-state index in [-0.39, 0.29) is 30.9 Å². The van der Waals surface area contributed by atoms with Crippen molar-refractivity contribution in [3.63, 3.8) is 0 Å². The van der Waals surface area contributed by atoms with Crippen LogP contribution >= 0.6 is 0 Å². The van der Waals surface area contributed by atoms with Crippen molar-refractivity contribution in [3.8, 4) is 5.75 Å². The summed E-state index contributed by atoms with van der Waals surface area (Å²) < 4.78 is 28.9. The Morgan fingerprint density at radius 1 is 1.33 bits per heavy atom. The van der Waals surface area contributed by atoms with Gasteiger partial charge in [0.05, 0.1) is 0 Å². The van der Waals surface area contributed by atoms with Crippen molar-refractivity contribution >= 4 is 6.03 Å². The fourth-order valence-electron chi connectivity index (χ4n) is 1.59. The van der Waals surface area contributed by atoms with Crippen LogP contribution in [0.2, 0.25) is 0 Å². The third-order valence-electron chi connectivity index (χ3n) is 3.13. The molecule has 7 heteroatoms. The molecule has 0 saturated heterocycles. The highest BCUT2D eigenvalue weighted by Gasteiger charge is 2.14. The van der Waals surface area contributed by atoms with Crippen LogP contribution in [0, 0.1) is 5.92 Å². The number of aliphatic hydroxyl groups excluding tert-OH is 1. The molecule has 118 valence electrons. The van der Waals surface area contributed by atoms with Gasteiger partial charge in [0, 0.05) is 24.8 Å². The van der Waals surface area contributed by atoms with Crippen molar-refractivity contribution in [2.45, 2.75) is 33.0 Å². The van der Waals surface area contributed by atoms with Gasteiger partial charge in [-0.3, -0.25) is 0 Å². The molecule has 0 spiro atoms. The van der Waals surface area contributed by atoms with Crippen LogP contribution in [0.5, 0.6) is 5.75 Å². The minimum Gasteiger partial charge on any atom is -0.434 e.